The molecular weight excluding hydrogens is 300 g/mol. The third-order valence-electron chi connectivity index (χ3n) is 3.53. The molecule has 1 rings (SSSR count). The summed E-state index contributed by atoms with van der Waals surface area (Å²) in [6.07, 6.45) is 4.20. The van der Waals surface area contributed by atoms with Crippen LogP contribution >= 0.6 is 0 Å². The number of anilines is 1. The fourth-order valence-electron chi connectivity index (χ4n) is 2.07. The van der Waals surface area contributed by atoms with Gasteiger partial charge in [-0.05, 0) is 30.0 Å². The number of carbonyl (C=O) groups excluding carboxylic acids is 1. The number of hydrogen-bond acceptors (Lipinski definition) is 6. The molecule has 0 saturated heterocycles. The van der Waals surface area contributed by atoms with E-state index in [1.807, 2.05) is 6.92 Å². The number of hydrogen-bond donors (Lipinski definition) is 2. The second-order valence-electron chi connectivity index (χ2n) is 5.06. The summed E-state index contributed by atoms with van der Waals surface area (Å²) in [6, 6.07) is 4.69. The summed E-state index contributed by atoms with van der Waals surface area (Å²) in [6.45, 7) is 2.66. The molecule has 0 aliphatic rings. The quantitative estimate of drug-likeness (QED) is 0.313. The summed E-state index contributed by atoms with van der Waals surface area (Å²) in [5.74, 6) is -0.275. The molecule has 0 bridgehead atoms. The Morgan fingerprint density at radius 3 is 2.83 bits per heavy atom. The van der Waals surface area contributed by atoms with E-state index >= 15 is 0 Å². The Kier molecular flexibility index (Phi) is 7.76. The molecule has 126 valence electrons. The lowest BCUT2D eigenvalue weighted by atomic mass is 10.0. The Hall–Kier alpha value is -2.41. The number of ether oxygens (including phenoxy) is 1. The standard InChI is InChI=1S/C16H22N2O5/c1-3-12(8-9-19)11-17-14-6-4-13(5-7-16(20)23-2)10-15(14)18(21)22/h4-7,10,12,17,19H,3,8-9,11H2,1-2H3/b7-5+. The first-order valence-corrected chi connectivity index (χ1v) is 7.41. The van der Waals surface area contributed by atoms with Gasteiger partial charge in [0.1, 0.15) is 5.69 Å². The molecule has 1 aromatic rings. The minimum Gasteiger partial charge on any atom is -0.466 e. The van der Waals surface area contributed by atoms with E-state index in [1.54, 1.807) is 12.1 Å². The van der Waals surface area contributed by atoms with E-state index in [0.717, 1.165) is 6.42 Å². The van der Waals surface area contributed by atoms with Crippen molar-refractivity contribution in [2.45, 2.75) is 19.8 Å². The van der Waals surface area contributed by atoms with Crippen molar-refractivity contribution in [3.05, 3.63) is 40.0 Å². The number of benzene rings is 1. The number of methoxy groups -OCH3 is 1. The van der Waals surface area contributed by atoms with Crippen molar-refractivity contribution in [1.82, 2.24) is 0 Å². The molecule has 1 unspecified atom stereocenters. The Morgan fingerprint density at radius 2 is 2.26 bits per heavy atom. The zero-order chi connectivity index (χ0) is 17.2. The Labute approximate surface area is 135 Å². The molecular formula is C16H22N2O5. The minimum atomic E-state index is -0.523. The van der Waals surface area contributed by atoms with Crippen molar-refractivity contribution in [3.8, 4) is 0 Å². The first kappa shape index (κ1) is 18.6. The molecule has 7 heteroatoms. The number of nitro groups is 1. The van der Waals surface area contributed by atoms with Crippen LogP contribution in [0.2, 0.25) is 0 Å². The molecule has 1 atom stereocenters. The van der Waals surface area contributed by atoms with Gasteiger partial charge in [0.05, 0.1) is 12.0 Å². The summed E-state index contributed by atoms with van der Waals surface area (Å²) < 4.78 is 4.48. The molecule has 0 radical (unpaired) electrons. The van der Waals surface area contributed by atoms with Gasteiger partial charge in [0.25, 0.3) is 5.69 Å². The maximum absolute atomic E-state index is 11.2. The molecule has 1 aromatic carbocycles. The Morgan fingerprint density at radius 1 is 1.52 bits per heavy atom. The van der Waals surface area contributed by atoms with Crippen LogP contribution in [-0.4, -0.2) is 36.3 Å². The fourth-order valence-corrected chi connectivity index (χ4v) is 2.07. The van der Waals surface area contributed by atoms with Crippen LogP contribution < -0.4 is 5.32 Å². The average molecular weight is 322 g/mol. The van der Waals surface area contributed by atoms with E-state index in [1.165, 1.54) is 25.3 Å². The van der Waals surface area contributed by atoms with E-state index < -0.39 is 10.9 Å². The van der Waals surface area contributed by atoms with Crippen molar-refractivity contribution in [2.75, 3.05) is 25.6 Å². The van der Waals surface area contributed by atoms with Crippen molar-refractivity contribution in [2.24, 2.45) is 5.92 Å². The average Bonchev–Trinajstić information content (AvgIpc) is 2.56. The van der Waals surface area contributed by atoms with Crippen LogP contribution in [-0.2, 0) is 9.53 Å². The van der Waals surface area contributed by atoms with Gasteiger partial charge in [-0.1, -0.05) is 19.4 Å². The molecule has 0 spiro atoms. The molecule has 0 heterocycles. The predicted octanol–water partition coefficient (Wildman–Crippen LogP) is 2.60. The van der Waals surface area contributed by atoms with Gasteiger partial charge in [-0.2, -0.15) is 0 Å². The van der Waals surface area contributed by atoms with Gasteiger partial charge in [0, 0.05) is 25.3 Å². The number of carbonyl (C=O) groups is 1. The topological polar surface area (TPSA) is 102 Å². The van der Waals surface area contributed by atoms with Gasteiger partial charge in [0.15, 0.2) is 0 Å². The highest BCUT2D eigenvalue weighted by Crippen LogP contribution is 2.26. The normalized spacial score (nSPS) is 12.1. The van der Waals surface area contributed by atoms with E-state index in [-0.39, 0.29) is 18.2 Å². The summed E-state index contributed by atoms with van der Waals surface area (Å²) >= 11 is 0. The SMILES string of the molecule is CCC(CCO)CNc1ccc(/C=C/C(=O)OC)cc1[N+](=O)[O-]. The third kappa shape index (κ3) is 6.07. The lowest BCUT2D eigenvalue weighted by molar-refractivity contribution is -0.384. The van der Waals surface area contributed by atoms with Crippen LogP contribution in [0.5, 0.6) is 0 Å². The molecule has 0 fully saturated rings. The zero-order valence-electron chi connectivity index (χ0n) is 13.3. The maximum Gasteiger partial charge on any atom is 0.330 e. The summed E-state index contributed by atoms with van der Waals surface area (Å²) in [5.41, 5.74) is 0.896. The molecule has 0 saturated carbocycles. The molecule has 0 amide bonds. The maximum atomic E-state index is 11.2. The van der Waals surface area contributed by atoms with E-state index in [9.17, 15) is 14.9 Å². The zero-order valence-corrected chi connectivity index (χ0v) is 13.3. The van der Waals surface area contributed by atoms with Crippen molar-refractivity contribution >= 4 is 23.4 Å². The van der Waals surface area contributed by atoms with Crippen LogP contribution in [0.3, 0.4) is 0 Å². The van der Waals surface area contributed by atoms with Gasteiger partial charge in [0.2, 0.25) is 0 Å². The van der Waals surface area contributed by atoms with Crippen molar-refractivity contribution in [1.29, 1.82) is 0 Å². The first-order chi connectivity index (χ1) is 11.0. The van der Waals surface area contributed by atoms with Gasteiger partial charge in [-0.3, -0.25) is 10.1 Å². The second kappa shape index (κ2) is 9.58. The van der Waals surface area contributed by atoms with Gasteiger partial charge < -0.3 is 15.2 Å². The fraction of sp³-hybridized carbons (Fsp3) is 0.438. The highest BCUT2D eigenvalue weighted by molar-refractivity contribution is 5.87. The van der Waals surface area contributed by atoms with Gasteiger partial charge in [-0.15, -0.1) is 0 Å². The minimum absolute atomic E-state index is 0.0594. The number of aliphatic hydroxyl groups excluding tert-OH is 1. The van der Waals surface area contributed by atoms with E-state index in [0.29, 0.717) is 24.2 Å². The first-order valence-electron chi connectivity index (χ1n) is 7.41. The number of nitro benzene ring substituents is 1. The van der Waals surface area contributed by atoms with Crippen molar-refractivity contribution < 1.29 is 19.6 Å². The molecule has 0 aliphatic carbocycles. The highest BCUT2D eigenvalue weighted by Gasteiger charge is 2.15. The number of rotatable bonds is 9. The lowest BCUT2D eigenvalue weighted by Crippen LogP contribution is -2.15. The van der Waals surface area contributed by atoms with Crippen LogP contribution in [0.4, 0.5) is 11.4 Å². The largest absolute Gasteiger partial charge is 0.466 e. The smallest absolute Gasteiger partial charge is 0.330 e. The number of aliphatic hydroxyl groups is 1. The molecule has 7 nitrogen and oxygen atoms in total. The van der Waals surface area contributed by atoms with E-state index in [4.69, 9.17) is 5.11 Å². The molecule has 23 heavy (non-hydrogen) atoms. The molecule has 0 aliphatic heterocycles. The number of nitrogens with zero attached hydrogens (tertiary/aromatic N) is 1. The van der Waals surface area contributed by atoms with Crippen LogP contribution in [0.15, 0.2) is 24.3 Å². The number of esters is 1. The molecule has 0 aromatic heterocycles. The summed E-state index contributed by atoms with van der Waals surface area (Å²) in [4.78, 5) is 21.8. The third-order valence-corrected chi connectivity index (χ3v) is 3.53. The Balaban J connectivity index is 2.90. The van der Waals surface area contributed by atoms with E-state index in [2.05, 4.69) is 10.1 Å². The second-order valence-corrected chi connectivity index (χ2v) is 5.06. The Bertz CT molecular complexity index is 572. The molecule has 2 N–H and O–H groups in total. The highest BCUT2D eigenvalue weighted by atomic mass is 16.6. The number of nitrogens with one attached hydrogen (secondary N) is 1. The lowest BCUT2D eigenvalue weighted by Gasteiger charge is -2.15. The van der Waals surface area contributed by atoms with Gasteiger partial charge in [-0.25, -0.2) is 4.79 Å². The van der Waals surface area contributed by atoms with Gasteiger partial charge >= 0.3 is 5.97 Å². The van der Waals surface area contributed by atoms with Crippen LogP contribution in [0.25, 0.3) is 6.08 Å². The summed E-state index contributed by atoms with van der Waals surface area (Å²) in [5, 5.41) is 23.3. The monoisotopic (exact) mass is 322 g/mol. The van der Waals surface area contributed by atoms with Crippen LogP contribution in [0.1, 0.15) is 25.3 Å². The van der Waals surface area contributed by atoms with Crippen LogP contribution in [0, 0.1) is 16.0 Å². The summed E-state index contributed by atoms with van der Waals surface area (Å²) in [7, 11) is 1.26. The predicted molar refractivity (Wildman–Crippen MR) is 88.1 cm³/mol. The van der Waals surface area contributed by atoms with Crippen molar-refractivity contribution in [3.63, 3.8) is 0 Å².